The van der Waals surface area contributed by atoms with Gasteiger partial charge < -0.3 is 5.11 Å². The van der Waals surface area contributed by atoms with E-state index in [1.54, 1.807) is 0 Å². The van der Waals surface area contributed by atoms with E-state index in [0.29, 0.717) is 6.42 Å². The van der Waals surface area contributed by atoms with Crippen LogP contribution in [0.4, 0.5) is 0 Å². The second-order valence-electron chi connectivity index (χ2n) is 6.78. The quantitative estimate of drug-likeness (QED) is 0.743. The van der Waals surface area contributed by atoms with Crippen LogP contribution in [0.1, 0.15) is 48.0 Å². The zero-order valence-corrected chi connectivity index (χ0v) is 11.4. The molecule has 0 aromatic carbocycles. The predicted octanol–water partition coefficient (Wildman–Crippen LogP) is 1.84. The minimum Gasteiger partial charge on any atom is -0.391 e. The SMILES string of the molecule is CC(C)(C)C(=O)[C@@H]1[C@@H](O)CCN1C(C)(C)C. The van der Waals surface area contributed by atoms with Gasteiger partial charge >= 0.3 is 0 Å². The smallest absolute Gasteiger partial charge is 0.157 e. The van der Waals surface area contributed by atoms with Gasteiger partial charge in [-0.25, -0.2) is 0 Å². The minimum absolute atomic E-state index is 0.0664. The van der Waals surface area contributed by atoms with Crippen molar-refractivity contribution in [1.29, 1.82) is 0 Å². The molecule has 1 heterocycles. The van der Waals surface area contributed by atoms with Gasteiger partial charge in [0.05, 0.1) is 12.1 Å². The molecule has 0 radical (unpaired) electrons. The molecule has 0 spiro atoms. The van der Waals surface area contributed by atoms with Crippen molar-refractivity contribution in [1.82, 2.24) is 4.90 Å². The molecule has 1 saturated heterocycles. The number of ketones is 1. The second kappa shape index (κ2) is 4.11. The van der Waals surface area contributed by atoms with Gasteiger partial charge in [0.15, 0.2) is 5.78 Å². The number of carbonyl (C=O) groups excluding carboxylic acids is 1. The molecule has 1 N–H and O–H groups in total. The highest BCUT2D eigenvalue weighted by Crippen LogP contribution is 2.31. The van der Waals surface area contributed by atoms with E-state index in [9.17, 15) is 9.90 Å². The first-order valence-electron chi connectivity index (χ1n) is 6.04. The van der Waals surface area contributed by atoms with Crippen LogP contribution in [-0.4, -0.2) is 40.0 Å². The molecule has 0 amide bonds. The number of aliphatic hydroxyl groups is 1. The average molecular weight is 227 g/mol. The van der Waals surface area contributed by atoms with Crippen LogP contribution in [0.2, 0.25) is 0 Å². The maximum absolute atomic E-state index is 12.3. The van der Waals surface area contributed by atoms with Gasteiger partial charge in [-0.3, -0.25) is 9.69 Å². The standard InChI is InChI=1S/C13H25NO2/c1-12(2,3)11(16)10-9(15)7-8-14(10)13(4,5)6/h9-10,15H,7-8H2,1-6H3/t9-,10-/m0/s1. The van der Waals surface area contributed by atoms with E-state index < -0.39 is 6.10 Å². The van der Waals surface area contributed by atoms with Gasteiger partial charge in [0.1, 0.15) is 0 Å². The molecule has 3 nitrogen and oxygen atoms in total. The zero-order chi connectivity index (χ0) is 12.7. The summed E-state index contributed by atoms with van der Waals surface area (Å²) in [5.41, 5.74) is -0.456. The molecule has 2 atom stereocenters. The number of rotatable bonds is 1. The van der Waals surface area contributed by atoms with Crippen molar-refractivity contribution in [3.63, 3.8) is 0 Å². The van der Waals surface area contributed by atoms with E-state index in [-0.39, 0.29) is 22.8 Å². The summed E-state index contributed by atoms with van der Waals surface area (Å²) in [7, 11) is 0. The maximum Gasteiger partial charge on any atom is 0.157 e. The van der Waals surface area contributed by atoms with Gasteiger partial charge in [0, 0.05) is 17.5 Å². The molecule has 3 heteroatoms. The second-order valence-corrected chi connectivity index (χ2v) is 6.78. The Morgan fingerprint density at radius 3 is 2.06 bits per heavy atom. The number of nitrogens with zero attached hydrogens (tertiary/aromatic N) is 1. The summed E-state index contributed by atoms with van der Waals surface area (Å²) in [6.45, 7) is 12.8. The van der Waals surface area contributed by atoms with Crippen LogP contribution in [-0.2, 0) is 4.79 Å². The Balaban J connectivity index is 2.95. The molecule has 1 aliphatic rings. The third-order valence-corrected chi connectivity index (χ3v) is 3.24. The summed E-state index contributed by atoms with van der Waals surface area (Å²) in [4.78, 5) is 14.5. The van der Waals surface area contributed by atoms with Gasteiger partial charge in [-0.05, 0) is 27.2 Å². The third kappa shape index (κ3) is 2.64. The summed E-state index contributed by atoms with van der Waals surface area (Å²) in [5, 5.41) is 9.99. The first kappa shape index (κ1) is 13.7. The number of aliphatic hydroxyl groups excluding tert-OH is 1. The monoisotopic (exact) mass is 227 g/mol. The Kier molecular flexibility index (Phi) is 3.51. The zero-order valence-electron chi connectivity index (χ0n) is 11.4. The van der Waals surface area contributed by atoms with E-state index in [2.05, 4.69) is 25.7 Å². The molecule has 0 aromatic heterocycles. The van der Waals surface area contributed by atoms with Crippen molar-refractivity contribution in [2.45, 2.75) is 65.6 Å². The molecular formula is C13H25NO2. The normalized spacial score (nSPS) is 28.4. The lowest BCUT2D eigenvalue weighted by Crippen LogP contribution is -2.53. The Labute approximate surface area is 98.8 Å². The highest BCUT2D eigenvalue weighted by atomic mass is 16.3. The Morgan fingerprint density at radius 1 is 1.19 bits per heavy atom. The van der Waals surface area contributed by atoms with Gasteiger partial charge in [0.25, 0.3) is 0 Å². The van der Waals surface area contributed by atoms with Gasteiger partial charge in [-0.1, -0.05) is 20.8 Å². The third-order valence-electron chi connectivity index (χ3n) is 3.24. The van der Waals surface area contributed by atoms with E-state index in [1.807, 2.05) is 20.8 Å². The summed E-state index contributed by atoms with van der Waals surface area (Å²) in [6, 6.07) is -0.333. The molecular weight excluding hydrogens is 202 g/mol. The van der Waals surface area contributed by atoms with Crippen LogP contribution in [0.5, 0.6) is 0 Å². The van der Waals surface area contributed by atoms with E-state index in [1.165, 1.54) is 0 Å². The molecule has 1 fully saturated rings. The molecule has 0 aromatic rings. The van der Waals surface area contributed by atoms with Gasteiger partial charge in [-0.2, -0.15) is 0 Å². The van der Waals surface area contributed by atoms with E-state index in [0.717, 1.165) is 6.54 Å². The van der Waals surface area contributed by atoms with Crippen molar-refractivity contribution in [2.24, 2.45) is 5.41 Å². The van der Waals surface area contributed by atoms with Crippen LogP contribution in [0, 0.1) is 5.41 Å². The number of hydrogen-bond donors (Lipinski definition) is 1. The number of Topliss-reactive ketones (excluding diaryl/α,β-unsaturated/α-hetero) is 1. The largest absolute Gasteiger partial charge is 0.391 e. The van der Waals surface area contributed by atoms with Crippen molar-refractivity contribution >= 4 is 5.78 Å². The Hall–Kier alpha value is -0.410. The molecule has 94 valence electrons. The average Bonchev–Trinajstić information content (AvgIpc) is 2.43. The van der Waals surface area contributed by atoms with E-state index >= 15 is 0 Å². The Morgan fingerprint density at radius 2 is 1.69 bits per heavy atom. The van der Waals surface area contributed by atoms with Crippen LogP contribution in [0.25, 0.3) is 0 Å². The first-order valence-corrected chi connectivity index (χ1v) is 6.04. The number of carbonyl (C=O) groups is 1. The number of hydrogen-bond acceptors (Lipinski definition) is 3. The van der Waals surface area contributed by atoms with Crippen molar-refractivity contribution in [3.05, 3.63) is 0 Å². The van der Waals surface area contributed by atoms with Crippen LogP contribution in [0.3, 0.4) is 0 Å². The number of likely N-dealkylation sites (tertiary alicyclic amines) is 1. The topological polar surface area (TPSA) is 40.5 Å². The lowest BCUT2D eigenvalue weighted by molar-refractivity contribution is -0.135. The van der Waals surface area contributed by atoms with E-state index in [4.69, 9.17) is 0 Å². The molecule has 1 rings (SSSR count). The summed E-state index contributed by atoms with van der Waals surface area (Å²) < 4.78 is 0. The lowest BCUT2D eigenvalue weighted by atomic mass is 9.84. The van der Waals surface area contributed by atoms with Crippen molar-refractivity contribution < 1.29 is 9.90 Å². The highest BCUT2D eigenvalue weighted by molar-refractivity contribution is 5.89. The fraction of sp³-hybridized carbons (Fsp3) is 0.923. The fourth-order valence-corrected chi connectivity index (χ4v) is 2.29. The highest BCUT2D eigenvalue weighted by Gasteiger charge is 2.45. The maximum atomic E-state index is 12.3. The van der Waals surface area contributed by atoms with Crippen LogP contribution >= 0.6 is 0 Å². The predicted molar refractivity (Wildman–Crippen MR) is 65.3 cm³/mol. The first-order chi connectivity index (χ1) is 7.05. The van der Waals surface area contributed by atoms with Crippen molar-refractivity contribution in [2.75, 3.05) is 6.54 Å². The summed E-state index contributed by atoms with van der Waals surface area (Å²) in [6.07, 6.45) is 0.190. The fourth-order valence-electron chi connectivity index (χ4n) is 2.29. The van der Waals surface area contributed by atoms with Crippen LogP contribution in [0.15, 0.2) is 0 Å². The van der Waals surface area contributed by atoms with Crippen LogP contribution < -0.4 is 0 Å². The molecule has 0 unspecified atom stereocenters. The molecule has 1 aliphatic heterocycles. The molecule has 0 aliphatic carbocycles. The Bertz CT molecular complexity index is 273. The molecule has 0 saturated carbocycles. The lowest BCUT2D eigenvalue weighted by Gasteiger charge is -2.39. The van der Waals surface area contributed by atoms with Gasteiger partial charge in [0.2, 0.25) is 0 Å². The van der Waals surface area contributed by atoms with Gasteiger partial charge in [-0.15, -0.1) is 0 Å². The summed E-state index contributed by atoms with van der Waals surface area (Å²) >= 11 is 0. The molecule has 16 heavy (non-hydrogen) atoms. The molecule has 0 bridgehead atoms. The van der Waals surface area contributed by atoms with Crippen molar-refractivity contribution in [3.8, 4) is 0 Å². The summed E-state index contributed by atoms with van der Waals surface area (Å²) in [5.74, 6) is 0.146. The minimum atomic E-state index is -0.508.